The first kappa shape index (κ1) is 69.5. The Bertz CT molecular complexity index is 1450. The van der Waals surface area contributed by atoms with Crippen molar-refractivity contribution < 1.29 is 42.1 Å². The molecule has 1 N–H and O–H groups in total. The summed E-state index contributed by atoms with van der Waals surface area (Å²) < 4.78 is 34.5. The van der Waals surface area contributed by atoms with Crippen molar-refractivity contribution in [2.24, 2.45) is 0 Å². The van der Waals surface area contributed by atoms with Crippen LogP contribution in [0.1, 0.15) is 258 Å². The van der Waals surface area contributed by atoms with Crippen LogP contribution in [0.25, 0.3) is 0 Å². The Hall–Kier alpha value is -2.55. The molecule has 0 saturated carbocycles. The lowest BCUT2D eigenvalue weighted by atomic mass is 10.0. The molecule has 0 aliphatic rings. The van der Waals surface area contributed by atoms with Crippen LogP contribution in [0.4, 0.5) is 0 Å². The number of rotatable bonds is 54. The van der Waals surface area contributed by atoms with Gasteiger partial charge in [0, 0.05) is 12.8 Å². The average Bonchev–Trinajstić information content (AvgIpc) is 3.34. The number of quaternary nitrogens is 1. The number of carbonyl (C=O) groups excluding carboxylic acids is 2. The van der Waals surface area contributed by atoms with Gasteiger partial charge in [-0.2, -0.15) is 0 Å². The fraction of sp³-hybridized carbons (Fsp3) is 0.774. The smallest absolute Gasteiger partial charge is 0.462 e. The van der Waals surface area contributed by atoms with Gasteiger partial charge in [-0.15, -0.1) is 0 Å². The van der Waals surface area contributed by atoms with Crippen molar-refractivity contribution in [3.63, 3.8) is 0 Å². The number of carbonyl (C=O) groups is 2. The largest absolute Gasteiger partial charge is 0.472 e. The van der Waals surface area contributed by atoms with Crippen LogP contribution in [0.3, 0.4) is 0 Å². The maximum atomic E-state index is 12.8. The molecule has 0 heterocycles. The number of hydrogen-bond acceptors (Lipinski definition) is 7. The quantitative estimate of drug-likeness (QED) is 0.0211. The standard InChI is InChI=1S/C62H112NO8P/c1-6-8-10-12-14-16-18-19-20-21-22-23-24-25-26-27-28-29-30-31-32-33-34-35-36-37-38-39-40-41-42-43-45-47-49-51-53-55-62(65)71-60(59-70-72(66,67)69-57-56-63(3,4)5)58-68-61(64)54-52-50-48-46-44-17-15-13-11-9-7-2/h8,10,14,16,19-20,22-23,25-26,28-29,60H,6-7,9,11-13,15,17-18,21,24,27,30-59H2,1-5H3/p+1/b10-8-,16-14-,20-19-,23-22-,26-25-,29-28-. The van der Waals surface area contributed by atoms with Crippen molar-refractivity contribution in [2.45, 2.75) is 264 Å². The number of phosphoric ester groups is 1. The Labute approximate surface area is 444 Å². The third kappa shape index (κ3) is 56.7. The van der Waals surface area contributed by atoms with Crippen LogP contribution in [0.5, 0.6) is 0 Å². The van der Waals surface area contributed by atoms with Crippen molar-refractivity contribution in [2.75, 3.05) is 47.5 Å². The van der Waals surface area contributed by atoms with Crippen LogP contribution < -0.4 is 0 Å². The second-order valence-electron chi connectivity index (χ2n) is 21.0. The molecular weight excluding hydrogens is 918 g/mol. The van der Waals surface area contributed by atoms with Gasteiger partial charge in [-0.25, -0.2) is 4.57 Å². The lowest BCUT2D eigenvalue weighted by Gasteiger charge is -2.24. The first-order valence-electron chi connectivity index (χ1n) is 29.7. The van der Waals surface area contributed by atoms with E-state index in [1.165, 1.54) is 154 Å². The van der Waals surface area contributed by atoms with E-state index in [0.717, 1.165) is 70.6 Å². The zero-order valence-electron chi connectivity index (χ0n) is 47.4. The van der Waals surface area contributed by atoms with Gasteiger partial charge in [-0.3, -0.25) is 18.6 Å². The molecule has 0 aromatic heterocycles. The number of ether oxygens (including phenoxy) is 2. The minimum absolute atomic E-state index is 0.0325. The van der Waals surface area contributed by atoms with E-state index in [2.05, 4.69) is 86.8 Å². The van der Waals surface area contributed by atoms with E-state index in [1.54, 1.807) is 0 Å². The number of esters is 2. The van der Waals surface area contributed by atoms with Crippen molar-refractivity contribution in [1.29, 1.82) is 0 Å². The predicted molar refractivity (Wildman–Crippen MR) is 307 cm³/mol. The van der Waals surface area contributed by atoms with Crippen LogP contribution >= 0.6 is 7.82 Å². The monoisotopic (exact) mass is 1030 g/mol. The van der Waals surface area contributed by atoms with Crippen molar-refractivity contribution in [3.8, 4) is 0 Å². The highest BCUT2D eigenvalue weighted by atomic mass is 31.2. The second kappa shape index (κ2) is 53.3. The SMILES string of the molecule is CC/C=C\C/C=C\C/C=C\C/C=C\C/C=C\C/C=C\CCCCCCCCCCCCCCCCCCCCC(=O)OC(COC(=O)CCCCCCCCCCCCC)COP(=O)(O)OCC[N+](C)(C)C. The Morgan fingerprint density at radius 2 is 0.792 bits per heavy atom. The van der Waals surface area contributed by atoms with Gasteiger partial charge < -0.3 is 18.9 Å². The van der Waals surface area contributed by atoms with Gasteiger partial charge in [0.15, 0.2) is 6.10 Å². The molecule has 0 spiro atoms. The summed E-state index contributed by atoms with van der Waals surface area (Å²) in [6, 6.07) is 0. The molecule has 0 aliphatic heterocycles. The van der Waals surface area contributed by atoms with Gasteiger partial charge in [-0.1, -0.05) is 254 Å². The van der Waals surface area contributed by atoms with E-state index in [1.807, 2.05) is 21.1 Å². The maximum Gasteiger partial charge on any atom is 0.472 e. The molecule has 10 heteroatoms. The topological polar surface area (TPSA) is 108 Å². The van der Waals surface area contributed by atoms with Crippen LogP contribution in [0.15, 0.2) is 72.9 Å². The van der Waals surface area contributed by atoms with Gasteiger partial charge in [0.05, 0.1) is 27.7 Å². The number of allylic oxidation sites excluding steroid dienone is 12. The Morgan fingerprint density at radius 1 is 0.444 bits per heavy atom. The summed E-state index contributed by atoms with van der Waals surface area (Å²) in [7, 11) is 1.48. The normalized spacial score (nSPS) is 13.8. The molecule has 0 rings (SSSR count). The third-order valence-corrected chi connectivity index (χ3v) is 13.7. The molecule has 0 amide bonds. The third-order valence-electron chi connectivity index (χ3n) is 12.8. The number of unbranched alkanes of at least 4 members (excludes halogenated alkanes) is 28. The minimum atomic E-state index is -4.38. The fourth-order valence-electron chi connectivity index (χ4n) is 8.20. The molecule has 0 aromatic carbocycles. The highest BCUT2D eigenvalue weighted by Crippen LogP contribution is 2.43. The molecule has 2 atom stereocenters. The molecule has 0 saturated heterocycles. The highest BCUT2D eigenvalue weighted by molar-refractivity contribution is 7.47. The molecule has 0 fully saturated rings. The number of phosphoric acid groups is 1. The van der Waals surface area contributed by atoms with Gasteiger partial charge in [0.25, 0.3) is 0 Å². The number of hydrogen-bond donors (Lipinski definition) is 1. The summed E-state index contributed by atoms with van der Waals surface area (Å²) in [5.41, 5.74) is 0. The molecule has 0 bridgehead atoms. The zero-order valence-corrected chi connectivity index (χ0v) is 48.3. The predicted octanol–water partition coefficient (Wildman–Crippen LogP) is 18.5. The van der Waals surface area contributed by atoms with E-state index in [9.17, 15) is 19.0 Å². The molecule has 9 nitrogen and oxygen atoms in total. The summed E-state index contributed by atoms with van der Waals surface area (Å²) in [6.45, 7) is 4.32. The summed E-state index contributed by atoms with van der Waals surface area (Å²) in [4.78, 5) is 35.5. The average molecular weight is 1030 g/mol. The minimum Gasteiger partial charge on any atom is -0.462 e. The van der Waals surface area contributed by atoms with Crippen molar-refractivity contribution >= 4 is 19.8 Å². The highest BCUT2D eigenvalue weighted by Gasteiger charge is 2.27. The fourth-order valence-corrected chi connectivity index (χ4v) is 8.94. The Balaban J connectivity index is 3.95. The lowest BCUT2D eigenvalue weighted by Crippen LogP contribution is -2.37. The molecule has 0 aliphatic carbocycles. The number of nitrogens with zero attached hydrogens (tertiary/aromatic N) is 1. The van der Waals surface area contributed by atoms with Gasteiger partial charge in [0.1, 0.15) is 19.8 Å². The van der Waals surface area contributed by atoms with Crippen LogP contribution in [0.2, 0.25) is 0 Å². The van der Waals surface area contributed by atoms with E-state index in [-0.39, 0.29) is 25.6 Å². The summed E-state index contributed by atoms with van der Waals surface area (Å²) in [5, 5.41) is 0. The van der Waals surface area contributed by atoms with Crippen LogP contribution in [0, 0.1) is 0 Å². The Kier molecular flexibility index (Phi) is 51.4. The van der Waals surface area contributed by atoms with Gasteiger partial charge >= 0.3 is 19.8 Å². The van der Waals surface area contributed by atoms with E-state index >= 15 is 0 Å². The molecule has 418 valence electrons. The zero-order chi connectivity index (χ0) is 52.7. The summed E-state index contributed by atoms with van der Waals surface area (Å²) in [5.74, 6) is -0.790. The van der Waals surface area contributed by atoms with Crippen molar-refractivity contribution in [3.05, 3.63) is 72.9 Å². The van der Waals surface area contributed by atoms with E-state index in [0.29, 0.717) is 23.9 Å². The first-order valence-corrected chi connectivity index (χ1v) is 31.2. The van der Waals surface area contributed by atoms with E-state index in [4.69, 9.17) is 18.5 Å². The van der Waals surface area contributed by atoms with Crippen LogP contribution in [-0.2, 0) is 32.7 Å². The molecule has 0 aromatic rings. The number of likely N-dealkylation sites (N-methyl/N-ethyl adjacent to an activating group) is 1. The van der Waals surface area contributed by atoms with Gasteiger partial charge in [-0.05, 0) is 64.2 Å². The Morgan fingerprint density at radius 3 is 1.18 bits per heavy atom. The molecular formula is C62H113NO8P+. The molecule has 72 heavy (non-hydrogen) atoms. The first-order chi connectivity index (χ1) is 35.0. The second-order valence-corrected chi connectivity index (χ2v) is 22.5. The van der Waals surface area contributed by atoms with Gasteiger partial charge in [0.2, 0.25) is 0 Å². The summed E-state index contributed by atoms with van der Waals surface area (Å²) in [6.07, 6.45) is 69.9. The maximum absolute atomic E-state index is 12.8. The molecule has 2 unspecified atom stereocenters. The summed E-state index contributed by atoms with van der Waals surface area (Å²) >= 11 is 0. The van der Waals surface area contributed by atoms with Crippen LogP contribution in [-0.4, -0.2) is 74.9 Å². The van der Waals surface area contributed by atoms with Crippen molar-refractivity contribution in [1.82, 2.24) is 0 Å². The molecule has 0 radical (unpaired) electrons. The lowest BCUT2D eigenvalue weighted by molar-refractivity contribution is -0.870. The van der Waals surface area contributed by atoms with E-state index < -0.39 is 26.5 Å².